The third kappa shape index (κ3) is 1.89. The van der Waals surface area contributed by atoms with Crippen molar-refractivity contribution in [3.63, 3.8) is 0 Å². The quantitative estimate of drug-likeness (QED) is 0.855. The van der Waals surface area contributed by atoms with Crippen LogP contribution in [0.5, 0.6) is 17.2 Å². The molecule has 0 bridgehead atoms. The summed E-state index contributed by atoms with van der Waals surface area (Å²) in [6.07, 6.45) is 0. The maximum absolute atomic E-state index is 13.8. The molecule has 1 aliphatic rings. The molecule has 0 fully saturated rings. The number of hydrogen-bond donors (Lipinski definition) is 1. The molecule has 0 aliphatic carbocycles. The number of methoxy groups -OCH3 is 1. The van der Waals surface area contributed by atoms with E-state index in [1.165, 1.54) is 19.2 Å². The van der Waals surface area contributed by atoms with E-state index in [4.69, 9.17) is 9.47 Å². The Morgan fingerprint density at radius 2 is 1.90 bits per heavy atom. The van der Waals surface area contributed by atoms with Gasteiger partial charge < -0.3 is 14.6 Å². The molecule has 1 N–H and O–H groups in total. The van der Waals surface area contributed by atoms with Crippen molar-refractivity contribution in [2.45, 2.75) is 12.5 Å². The van der Waals surface area contributed by atoms with Gasteiger partial charge in [0, 0.05) is 21.7 Å². The summed E-state index contributed by atoms with van der Waals surface area (Å²) in [7, 11) is 1.38. The van der Waals surface area contributed by atoms with Gasteiger partial charge in [0.25, 0.3) is 0 Å². The van der Waals surface area contributed by atoms with E-state index in [0.717, 1.165) is 4.47 Å². The normalized spacial score (nSPS) is 19.9. The van der Waals surface area contributed by atoms with E-state index in [2.05, 4.69) is 15.9 Å². The van der Waals surface area contributed by atoms with Gasteiger partial charge in [-0.05, 0) is 31.2 Å². The van der Waals surface area contributed by atoms with Gasteiger partial charge >= 0.3 is 0 Å². The van der Waals surface area contributed by atoms with Crippen molar-refractivity contribution < 1.29 is 19.0 Å². The molecule has 0 radical (unpaired) electrons. The highest BCUT2D eigenvalue weighted by atomic mass is 79.9. The average Bonchev–Trinajstić information content (AvgIpc) is 2.39. The zero-order chi connectivity index (χ0) is 14.5. The number of rotatable bonds is 1. The Bertz CT molecular complexity index is 698. The molecule has 1 atom stereocenters. The summed E-state index contributed by atoms with van der Waals surface area (Å²) in [5.74, 6) is 0.354. The van der Waals surface area contributed by atoms with Crippen LogP contribution in [-0.4, -0.2) is 12.2 Å². The van der Waals surface area contributed by atoms with Crippen molar-refractivity contribution in [2.24, 2.45) is 0 Å². The number of fused-ring (bicyclic) bond motifs is 2. The molecule has 5 heteroatoms. The molecule has 0 spiro atoms. The van der Waals surface area contributed by atoms with Gasteiger partial charge in [-0.1, -0.05) is 15.9 Å². The van der Waals surface area contributed by atoms with E-state index in [1.807, 2.05) is 0 Å². The van der Waals surface area contributed by atoms with E-state index in [0.29, 0.717) is 22.6 Å². The monoisotopic (exact) mass is 338 g/mol. The minimum atomic E-state index is -1.28. The van der Waals surface area contributed by atoms with Crippen LogP contribution in [0.3, 0.4) is 0 Å². The second-order valence-electron chi connectivity index (χ2n) is 4.80. The van der Waals surface area contributed by atoms with Gasteiger partial charge in [0.2, 0.25) is 0 Å². The topological polar surface area (TPSA) is 38.7 Å². The van der Waals surface area contributed by atoms with E-state index in [1.54, 1.807) is 25.1 Å². The van der Waals surface area contributed by atoms with Crippen molar-refractivity contribution in [2.75, 3.05) is 7.11 Å². The SMILES string of the molecule is COc1cc2c(cc1F)Oc1ccc(Br)cc1[C@]2(C)O. The van der Waals surface area contributed by atoms with Crippen molar-refractivity contribution in [3.05, 3.63) is 51.7 Å². The Morgan fingerprint density at radius 3 is 2.60 bits per heavy atom. The minimum Gasteiger partial charge on any atom is -0.494 e. The van der Waals surface area contributed by atoms with Gasteiger partial charge in [-0.15, -0.1) is 0 Å². The summed E-state index contributed by atoms with van der Waals surface area (Å²) >= 11 is 3.37. The van der Waals surface area contributed by atoms with Gasteiger partial charge in [-0.2, -0.15) is 0 Å². The van der Waals surface area contributed by atoms with Crippen LogP contribution in [0.15, 0.2) is 34.8 Å². The van der Waals surface area contributed by atoms with E-state index in [-0.39, 0.29) is 5.75 Å². The molecule has 2 aromatic carbocycles. The van der Waals surface area contributed by atoms with Crippen molar-refractivity contribution in [3.8, 4) is 17.2 Å². The first-order valence-electron chi connectivity index (χ1n) is 6.01. The summed E-state index contributed by atoms with van der Waals surface area (Å²) in [5, 5.41) is 10.8. The number of ether oxygens (including phenoxy) is 2. The first-order chi connectivity index (χ1) is 9.43. The standard InChI is InChI=1S/C15H12BrFO3/c1-15(18)9-5-8(16)3-4-12(9)20-13-7-11(17)14(19-2)6-10(13)15/h3-7,18H,1-2H3/t15-/m0/s1. The fourth-order valence-corrected chi connectivity index (χ4v) is 2.75. The van der Waals surface area contributed by atoms with Crippen molar-refractivity contribution in [1.82, 2.24) is 0 Å². The number of halogens is 2. The molecule has 20 heavy (non-hydrogen) atoms. The lowest BCUT2D eigenvalue weighted by Gasteiger charge is -2.33. The number of aliphatic hydroxyl groups is 1. The van der Waals surface area contributed by atoms with E-state index >= 15 is 0 Å². The summed E-state index contributed by atoms with van der Waals surface area (Å²) in [4.78, 5) is 0. The van der Waals surface area contributed by atoms with Crippen LogP contribution < -0.4 is 9.47 Å². The molecule has 104 valence electrons. The van der Waals surface area contributed by atoms with Crippen LogP contribution >= 0.6 is 15.9 Å². The van der Waals surface area contributed by atoms with Gasteiger partial charge in [0.15, 0.2) is 11.6 Å². The predicted molar refractivity (Wildman–Crippen MR) is 75.8 cm³/mol. The highest BCUT2D eigenvalue weighted by molar-refractivity contribution is 9.10. The lowest BCUT2D eigenvalue weighted by Crippen LogP contribution is -2.27. The Balaban J connectivity index is 2.25. The first kappa shape index (κ1) is 13.4. The molecule has 0 amide bonds. The van der Waals surface area contributed by atoms with E-state index < -0.39 is 11.4 Å². The van der Waals surface area contributed by atoms with Gasteiger partial charge in [0.1, 0.15) is 17.1 Å². The fraction of sp³-hybridized carbons (Fsp3) is 0.200. The summed E-state index contributed by atoms with van der Waals surface area (Å²) in [6.45, 7) is 1.65. The molecule has 2 aromatic rings. The van der Waals surface area contributed by atoms with Crippen LogP contribution in [0.2, 0.25) is 0 Å². The summed E-state index contributed by atoms with van der Waals surface area (Å²) in [5.41, 5.74) is -0.192. The number of hydrogen-bond acceptors (Lipinski definition) is 3. The van der Waals surface area contributed by atoms with Crippen LogP contribution in [-0.2, 0) is 5.60 Å². The average molecular weight is 339 g/mol. The fourth-order valence-electron chi connectivity index (χ4n) is 2.39. The molecule has 0 unspecified atom stereocenters. The zero-order valence-electron chi connectivity index (χ0n) is 10.9. The molecule has 1 heterocycles. The second kappa shape index (κ2) is 4.46. The van der Waals surface area contributed by atoms with Crippen LogP contribution in [0.1, 0.15) is 18.1 Å². The maximum atomic E-state index is 13.8. The molecule has 0 saturated heterocycles. The molecule has 3 nitrogen and oxygen atoms in total. The third-order valence-electron chi connectivity index (χ3n) is 3.46. The largest absolute Gasteiger partial charge is 0.494 e. The smallest absolute Gasteiger partial charge is 0.168 e. The Hall–Kier alpha value is -1.59. The molecule has 0 saturated carbocycles. The van der Waals surface area contributed by atoms with E-state index in [9.17, 15) is 9.50 Å². The summed E-state index contributed by atoms with van der Waals surface area (Å²) < 4.78 is 25.2. The highest BCUT2D eigenvalue weighted by Gasteiger charge is 2.37. The lowest BCUT2D eigenvalue weighted by atomic mass is 9.85. The minimum absolute atomic E-state index is 0.0751. The van der Waals surface area contributed by atoms with Gasteiger partial charge in [0.05, 0.1) is 7.11 Å². The van der Waals surface area contributed by atoms with Crippen LogP contribution in [0, 0.1) is 5.82 Å². The van der Waals surface area contributed by atoms with Crippen LogP contribution in [0.4, 0.5) is 4.39 Å². The van der Waals surface area contributed by atoms with Gasteiger partial charge in [-0.3, -0.25) is 0 Å². The van der Waals surface area contributed by atoms with Gasteiger partial charge in [-0.25, -0.2) is 4.39 Å². The second-order valence-corrected chi connectivity index (χ2v) is 5.71. The molecule has 3 rings (SSSR count). The maximum Gasteiger partial charge on any atom is 0.168 e. The lowest BCUT2D eigenvalue weighted by molar-refractivity contribution is 0.0894. The third-order valence-corrected chi connectivity index (χ3v) is 3.96. The molecule has 0 aromatic heterocycles. The molecule has 1 aliphatic heterocycles. The summed E-state index contributed by atoms with van der Waals surface area (Å²) in [6, 6.07) is 8.02. The highest BCUT2D eigenvalue weighted by Crippen LogP contribution is 2.48. The van der Waals surface area contributed by atoms with Crippen molar-refractivity contribution >= 4 is 15.9 Å². The Morgan fingerprint density at radius 1 is 1.20 bits per heavy atom. The first-order valence-corrected chi connectivity index (χ1v) is 6.81. The molecular formula is C15H12BrFO3. The molecular weight excluding hydrogens is 327 g/mol. The predicted octanol–water partition coefficient (Wildman–Crippen LogP) is 3.96. The Kier molecular flexibility index (Phi) is 2.99. The van der Waals surface area contributed by atoms with Crippen molar-refractivity contribution in [1.29, 1.82) is 0 Å². The van der Waals surface area contributed by atoms with Crippen LogP contribution in [0.25, 0.3) is 0 Å². The Labute approximate surface area is 124 Å². The number of benzene rings is 2. The zero-order valence-corrected chi connectivity index (χ0v) is 12.5.